The molecule has 0 radical (unpaired) electrons. The van der Waals surface area contributed by atoms with Gasteiger partial charge in [-0.25, -0.2) is 8.42 Å². The number of nitrogens with one attached hydrogen (secondary N) is 1. The van der Waals surface area contributed by atoms with Crippen LogP contribution in [0, 0.1) is 0 Å². The molecule has 0 spiro atoms. The summed E-state index contributed by atoms with van der Waals surface area (Å²) in [6.07, 6.45) is 0.832. The fourth-order valence-corrected chi connectivity index (χ4v) is 4.70. The van der Waals surface area contributed by atoms with Crippen LogP contribution in [0.5, 0.6) is 0 Å². The molecule has 1 aliphatic rings. The van der Waals surface area contributed by atoms with Crippen LogP contribution < -0.4 is 5.32 Å². The largest absolute Gasteiger partial charge is 0.379 e. The Morgan fingerprint density at radius 1 is 1.35 bits per heavy atom. The summed E-state index contributed by atoms with van der Waals surface area (Å²) in [7, 11) is -1.77. The summed E-state index contributed by atoms with van der Waals surface area (Å²) in [6, 6.07) is 6.82. The summed E-state index contributed by atoms with van der Waals surface area (Å²) < 4.78 is 32.2. The van der Waals surface area contributed by atoms with E-state index in [0.717, 1.165) is 0 Å². The van der Waals surface area contributed by atoms with Gasteiger partial charge in [0, 0.05) is 31.3 Å². The van der Waals surface area contributed by atoms with Crippen LogP contribution >= 0.6 is 0 Å². The lowest BCUT2D eigenvalue weighted by atomic mass is 10.1. The number of hydrogen-bond acceptors (Lipinski definition) is 5. The predicted octanol–water partition coefficient (Wildman–Crippen LogP) is 1.92. The van der Waals surface area contributed by atoms with E-state index in [9.17, 15) is 13.2 Å². The van der Waals surface area contributed by atoms with E-state index in [4.69, 9.17) is 4.74 Å². The maximum absolute atomic E-state index is 12.6. The van der Waals surface area contributed by atoms with Crippen molar-refractivity contribution in [3.63, 3.8) is 0 Å². The Kier molecular flexibility index (Phi) is 5.15. The third-order valence-corrected chi connectivity index (χ3v) is 5.92. The summed E-state index contributed by atoms with van der Waals surface area (Å²) in [5.74, 6) is -0.576. The zero-order chi connectivity index (χ0) is 18.9. The lowest BCUT2D eigenvalue weighted by molar-refractivity contribution is 0.0756. The predicted molar refractivity (Wildman–Crippen MR) is 97.6 cm³/mol. The number of rotatable bonds is 6. The summed E-state index contributed by atoms with van der Waals surface area (Å²) in [4.78, 5) is 12.8. The number of hydrogen-bond donors (Lipinski definition) is 1. The molecule has 0 bridgehead atoms. The number of fused-ring (bicyclic) bond motifs is 3. The van der Waals surface area contributed by atoms with Gasteiger partial charge in [-0.05, 0) is 26.3 Å². The lowest BCUT2D eigenvalue weighted by Gasteiger charge is -2.18. The van der Waals surface area contributed by atoms with Gasteiger partial charge in [0.15, 0.2) is 15.5 Å². The van der Waals surface area contributed by atoms with Gasteiger partial charge in [0.05, 0.1) is 22.4 Å². The van der Waals surface area contributed by atoms with Crippen molar-refractivity contribution in [2.75, 3.05) is 13.2 Å². The number of carbonyl (C=O) groups excluding carboxylic acids is 1. The first-order valence-electron chi connectivity index (χ1n) is 8.59. The molecule has 0 saturated carbocycles. The highest BCUT2D eigenvalue weighted by molar-refractivity contribution is 7.90. The third kappa shape index (κ3) is 3.52. The van der Waals surface area contributed by atoms with E-state index >= 15 is 0 Å². The molecule has 0 fully saturated rings. The Hall–Kier alpha value is -2.19. The van der Waals surface area contributed by atoms with Crippen LogP contribution in [0.15, 0.2) is 29.2 Å². The van der Waals surface area contributed by atoms with Gasteiger partial charge >= 0.3 is 0 Å². The summed E-state index contributed by atoms with van der Waals surface area (Å²) in [6.45, 7) is 4.91. The molecular formula is C18H23N3O4S. The van der Waals surface area contributed by atoms with Gasteiger partial charge in [-0.3, -0.25) is 9.48 Å². The van der Waals surface area contributed by atoms with Crippen LogP contribution in [0.1, 0.15) is 36.3 Å². The Morgan fingerprint density at radius 2 is 2.08 bits per heavy atom. The van der Waals surface area contributed by atoms with Crippen molar-refractivity contribution in [3.05, 3.63) is 35.5 Å². The van der Waals surface area contributed by atoms with Gasteiger partial charge in [-0.15, -0.1) is 0 Å². The van der Waals surface area contributed by atoms with E-state index in [1.807, 2.05) is 13.8 Å². The van der Waals surface area contributed by atoms with Crippen molar-refractivity contribution in [2.45, 2.75) is 37.0 Å². The molecule has 140 valence electrons. The maximum atomic E-state index is 12.6. The van der Waals surface area contributed by atoms with Crippen LogP contribution in [0.3, 0.4) is 0 Å². The molecule has 1 amide bonds. The summed E-state index contributed by atoms with van der Waals surface area (Å²) in [5, 5.41) is 7.09. The monoisotopic (exact) mass is 377 g/mol. The van der Waals surface area contributed by atoms with Gasteiger partial charge < -0.3 is 10.1 Å². The Balaban J connectivity index is 1.84. The van der Waals surface area contributed by atoms with Crippen molar-refractivity contribution in [1.29, 1.82) is 0 Å². The van der Waals surface area contributed by atoms with Crippen molar-refractivity contribution >= 4 is 15.7 Å². The fraction of sp³-hybridized carbons (Fsp3) is 0.444. The molecule has 0 unspecified atom stereocenters. The molecule has 8 heteroatoms. The molecule has 26 heavy (non-hydrogen) atoms. The molecule has 2 aromatic rings. The van der Waals surface area contributed by atoms with Crippen molar-refractivity contribution in [2.24, 2.45) is 7.05 Å². The second-order valence-corrected chi connectivity index (χ2v) is 8.54. The minimum Gasteiger partial charge on any atom is -0.379 e. The number of benzene rings is 1. The number of ether oxygens (including phenoxy) is 1. The van der Waals surface area contributed by atoms with Gasteiger partial charge in [0.2, 0.25) is 0 Å². The minimum absolute atomic E-state index is 0.152. The third-order valence-electron chi connectivity index (χ3n) is 4.23. The van der Waals surface area contributed by atoms with Crippen LogP contribution in [-0.2, 0) is 27.4 Å². The average molecular weight is 377 g/mol. The molecule has 2 heterocycles. The normalized spacial score (nSPS) is 14.8. The Labute approximate surface area is 153 Å². The molecule has 0 atom stereocenters. The Bertz CT molecular complexity index is 932. The zero-order valence-electron chi connectivity index (χ0n) is 15.2. The van der Waals surface area contributed by atoms with Gasteiger partial charge in [-0.2, -0.15) is 5.10 Å². The van der Waals surface area contributed by atoms with Crippen LogP contribution in [-0.4, -0.2) is 43.4 Å². The Morgan fingerprint density at radius 3 is 2.81 bits per heavy atom. The van der Waals surface area contributed by atoms with E-state index in [1.54, 1.807) is 36.0 Å². The van der Waals surface area contributed by atoms with E-state index in [-0.39, 0.29) is 28.4 Å². The number of nitrogens with zero attached hydrogens (tertiary/aromatic N) is 2. The maximum Gasteiger partial charge on any atom is 0.272 e. The van der Waals surface area contributed by atoms with Crippen molar-refractivity contribution < 1.29 is 17.9 Å². The number of sulfone groups is 1. The second kappa shape index (κ2) is 7.20. The van der Waals surface area contributed by atoms with E-state index < -0.39 is 9.84 Å². The number of amides is 1. The highest BCUT2D eigenvalue weighted by Gasteiger charge is 2.34. The lowest BCUT2D eigenvalue weighted by Crippen LogP contribution is -2.27. The summed E-state index contributed by atoms with van der Waals surface area (Å²) in [5.41, 5.74) is 1.91. The van der Waals surface area contributed by atoms with Gasteiger partial charge in [-0.1, -0.05) is 18.2 Å². The van der Waals surface area contributed by atoms with Crippen molar-refractivity contribution in [3.8, 4) is 11.3 Å². The highest BCUT2D eigenvalue weighted by Crippen LogP contribution is 2.38. The fourth-order valence-electron chi connectivity index (χ4n) is 3.10. The molecule has 3 rings (SSSR count). The standard InChI is InChI=1S/C18H23N3O4S/c1-12(2)25-10-6-9-19-18(22)16-14-11-26(23,24)15-8-5-4-7-13(15)17(14)21(3)20-16/h4-5,7-8,12H,6,9-11H2,1-3H3,(H,19,22). The molecule has 0 saturated heterocycles. The van der Waals surface area contributed by atoms with Gasteiger partial charge in [0.25, 0.3) is 5.91 Å². The molecular weight excluding hydrogens is 354 g/mol. The SMILES string of the molecule is CC(C)OCCCNC(=O)c1nn(C)c2c1CS(=O)(=O)c1ccccc1-2. The van der Waals surface area contributed by atoms with Gasteiger partial charge in [0.1, 0.15) is 0 Å². The number of carbonyl (C=O) groups is 1. The molecule has 1 N–H and O–H groups in total. The zero-order valence-corrected chi connectivity index (χ0v) is 16.0. The summed E-state index contributed by atoms with van der Waals surface area (Å²) >= 11 is 0. The van der Waals surface area contributed by atoms with E-state index in [1.165, 1.54) is 0 Å². The van der Waals surface area contributed by atoms with Crippen molar-refractivity contribution in [1.82, 2.24) is 15.1 Å². The molecule has 1 aromatic heterocycles. The molecule has 7 nitrogen and oxygen atoms in total. The van der Waals surface area contributed by atoms with Crippen LogP contribution in [0.4, 0.5) is 0 Å². The van der Waals surface area contributed by atoms with E-state index in [0.29, 0.717) is 36.4 Å². The molecule has 0 aliphatic carbocycles. The average Bonchev–Trinajstić information content (AvgIpc) is 2.90. The smallest absolute Gasteiger partial charge is 0.272 e. The highest BCUT2D eigenvalue weighted by atomic mass is 32.2. The number of aromatic nitrogens is 2. The first-order chi connectivity index (χ1) is 12.3. The number of aryl methyl sites for hydroxylation is 1. The first-order valence-corrected chi connectivity index (χ1v) is 10.2. The first kappa shape index (κ1) is 18.6. The van der Waals surface area contributed by atoms with Crippen LogP contribution in [0.25, 0.3) is 11.3 Å². The topological polar surface area (TPSA) is 90.3 Å². The second-order valence-electron chi connectivity index (χ2n) is 6.58. The quantitative estimate of drug-likeness (QED) is 0.777. The van der Waals surface area contributed by atoms with E-state index in [2.05, 4.69) is 10.4 Å². The minimum atomic E-state index is -3.49. The molecule has 1 aliphatic heterocycles. The molecule has 1 aromatic carbocycles. The van der Waals surface area contributed by atoms with Crippen LogP contribution in [0.2, 0.25) is 0 Å².